The molecule has 4 nitrogen and oxygen atoms in total. The number of para-hydroxylation sites is 1. The first-order valence-corrected chi connectivity index (χ1v) is 10.1. The zero-order valence-electron chi connectivity index (χ0n) is 14.3. The molecule has 0 bridgehead atoms. The van der Waals surface area contributed by atoms with Crippen LogP contribution in [-0.4, -0.2) is 29.2 Å². The van der Waals surface area contributed by atoms with Crippen molar-refractivity contribution >= 4 is 40.1 Å². The van der Waals surface area contributed by atoms with Gasteiger partial charge in [0.15, 0.2) is 5.16 Å². The molecule has 1 aromatic heterocycles. The van der Waals surface area contributed by atoms with Crippen molar-refractivity contribution in [3.63, 3.8) is 0 Å². The molecule has 0 aliphatic carbocycles. The fraction of sp³-hybridized carbons (Fsp3) is 0.300. The number of hydrogen-bond acceptors (Lipinski definition) is 5. The monoisotopic (exact) mass is 385 g/mol. The fourth-order valence-electron chi connectivity index (χ4n) is 3.00. The molecule has 1 aliphatic rings. The van der Waals surface area contributed by atoms with E-state index >= 15 is 0 Å². The van der Waals surface area contributed by atoms with E-state index in [9.17, 15) is 0 Å². The van der Waals surface area contributed by atoms with Gasteiger partial charge in [0.25, 0.3) is 0 Å². The number of ether oxygens (including phenoxy) is 1. The minimum absolute atomic E-state index is 0.272. The molecule has 2 heterocycles. The molecule has 0 spiro atoms. The second-order valence-corrected chi connectivity index (χ2v) is 7.68. The van der Waals surface area contributed by atoms with E-state index in [0.717, 1.165) is 58.6 Å². The summed E-state index contributed by atoms with van der Waals surface area (Å²) >= 11 is 7.58. The van der Waals surface area contributed by atoms with Crippen LogP contribution in [0, 0.1) is 0 Å². The van der Waals surface area contributed by atoms with Gasteiger partial charge in [-0.05, 0) is 42.7 Å². The van der Waals surface area contributed by atoms with Crippen molar-refractivity contribution in [2.75, 3.05) is 18.5 Å². The molecule has 0 radical (unpaired) electrons. The lowest BCUT2D eigenvalue weighted by Crippen LogP contribution is -2.19. The maximum Gasteiger partial charge on any atom is 0.190 e. The van der Waals surface area contributed by atoms with Gasteiger partial charge in [0.05, 0.1) is 11.6 Å². The smallest absolute Gasteiger partial charge is 0.190 e. The van der Waals surface area contributed by atoms with Crippen LogP contribution in [0.1, 0.15) is 18.4 Å². The van der Waals surface area contributed by atoms with Gasteiger partial charge in [-0.2, -0.15) is 0 Å². The van der Waals surface area contributed by atoms with Crippen LogP contribution in [0.15, 0.2) is 53.7 Å². The Labute approximate surface area is 162 Å². The van der Waals surface area contributed by atoms with Gasteiger partial charge in [0.2, 0.25) is 0 Å². The van der Waals surface area contributed by atoms with Gasteiger partial charge in [0.1, 0.15) is 5.82 Å². The topological polar surface area (TPSA) is 47.0 Å². The third-order valence-corrected chi connectivity index (χ3v) is 5.56. The Kier molecular flexibility index (Phi) is 5.58. The van der Waals surface area contributed by atoms with Gasteiger partial charge < -0.3 is 10.1 Å². The van der Waals surface area contributed by atoms with Crippen molar-refractivity contribution in [2.24, 2.45) is 0 Å². The number of rotatable bonds is 6. The van der Waals surface area contributed by atoms with Crippen LogP contribution in [0.25, 0.3) is 10.9 Å². The van der Waals surface area contributed by atoms with Crippen LogP contribution < -0.4 is 5.32 Å². The average molecular weight is 386 g/mol. The lowest BCUT2D eigenvalue weighted by Gasteiger charge is -2.14. The molecule has 1 unspecified atom stereocenters. The lowest BCUT2D eigenvalue weighted by molar-refractivity contribution is 0.120. The minimum Gasteiger partial charge on any atom is -0.376 e. The summed E-state index contributed by atoms with van der Waals surface area (Å²) in [6.07, 6.45) is 2.52. The number of halogens is 1. The van der Waals surface area contributed by atoms with Crippen LogP contribution in [0.4, 0.5) is 5.82 Å². The number of fused-ring (bicyclic) bond motifs is 1. The summed E-state index contributed by atoms with van der Waals surface area (Å²) in [5, 5.41) is 6.03. The van der Waals surface area contributed by atoms with E-state index in [-0.39, 0.29) is 6.10 Å². The summed E-state index contributed by atoms with van der Waals surface area (Å²) in [5.74, 6) is 1.69. The number of hydrogen-bond donors (Lipinski definition) is 1. The van der Waals surface area contributed by atoms with Crippen molar-refractivity contribution in [1.29, 1.82) is 0 Å². The SMILES string of the molecule is Clc1ccc(CSc2nc(NCC3CCCO3)c3ccccc3n2)cc1. The van der Waals surface area contributed by atoms with Crippen LogP contribution in [0.2, 0.25) is 5.02 Å². The van der Waals surface area contributed by atoms with E-state index in [0.29, 0.717) is 0 Å². The number of nitrogens with zero attached hydrogens (tertiary/aromatic N) is 2. The highest BCUT2D eigenvalue weighted by molar-refractivity contribution is 7.98. The standard InChI is InChI=1S/C20H20ClN3OS/c21-15-9-7-14(8-10-15)13-26-20-23-18-6-2-1-5-17(18)19(24-20)22-12-16-4-3-11-25-16/h1-2,5-10,16H,3-4,11-13H2,(H,22,23,24). The normalized spacial score (nSPS) is 16.9. The Balaban J connectivity index is 1.53. The molecule has 6 heteroatoms. The highest BCUT2D eigenvalue weighted by Crippen LogP contribution is 2.27. The van der Waals surface area contributed by atoms with E-state index in [1.807, 2.05) is 42.5 Å². The maximum absolute atomic E-state index is 5.95. The Morgan fingerprint density at radius 3 is 2.77 bits per heavy atom. The number of anilines is 1. The third kappa shape index (κ3) is 4.29. The molecule has 0 saturated carbocycles. The molecule has 4 rings (SSSR count). The van der Waals surface area contributed by atoms with Gasteiger partial charge in [-0.25, -0.2) is 9.97 Å². The first kappa shape index (κ1) is 17.6. The second-order valence-electron chi connectivity index (χ2n) is 6.30. The van der Waals surface area contributed by atoms with E-state index in [4.69, 9.17) is 26.3 Å². The Morgan fingerprint density at radius 2 is 1.96 bits per heavy atom. The largest absolute Gasteiger partial charge is 0.376 e. The Bertz CT molecular complexity index is 882. The zero-order valence-corrected chi connectivity index (χ0v) is 15.9. The highest BCUT2D eigenvalue weighted by Gasteiger charge is 2.16. The van der Waals surface area contributed by atoms with E-state index in [2.05, 4.69) is 11.4 Å². The van der Waals surface area contributed by atoms with Crippen molar-refractivity contribution in [3.05, 3.63) is 59.1 Å². The second kappa shape index (κ2) is 8.25. The average Bonchev–Trinajstić information content (AvgIpc) is 3.19. The van der Waals surface area contributed by atoms with Gasteiger partial charge >= 0.3 is 0 Å². The summed E-state index contributed by atoms with van der Waals surface area (Å²) in [6, 6.07) is 16.0. The molecule has 134 valence electrons. The van der Waals surface area contributed by atoms with Crippen LogP contribution in [0.3, 0.4) is 0 Å². The van der Waals surface area contributed by atoms with Crippen LogP contribution in [0.5, 0.6) is 0 Å². The quantitative estimate of drug-likeness (QED) is 0.468. The molecule has 0 amide bonds. The Hall–Kier alpha value is -1.82. The molecular formula is C20H20ClN3OS. The van der Waals surface area contributed by atoms with Gasteiger partial charge in [-0.15, -0.1) is 0 Å². The van der Waals surface area contributed by atoms with Crippen LogP contribution in [-0.2, 0) is 10.5 Å². The number of thioether (sulfide) groups is 1. The minimum atomic E-state index is 0.272. The predicted molar refractivity (Wildman–Crippen MR) is 108 cm³/mol. The summed E-state index contributed by atoms with van der Waals surface area (Å²) in [6.45, 7) is 1.64. The molecule has 2 aromatic carbocycles. The maximum atomic E-state index is 5.95. The summed E-state index contributed by atoms with van der Waals surface area (Å²) < 4.78 is 5.71. The number of aromatic nitrogens is 2. The molecular weight excluding hydrogens is 366 g/mol. The molecule has 1 atom stereocenters. The van der Waals surface area contributed by atoms with E-state index in [1.54, 1.807) is 11.8 Å². The summed E-state index contributed by atoms with van der Waals surface area (Å²) in [7, 11) is 0. The van der Waals surface area contributed by atoms with Gasteiger partial charge in [-0.3, -0.25) is 0 Å². The van der Waals surface area contributed by atoms with Gasteiger partial charge in [0, 0.05) is 29.3 Å². The first-order valence-electron chi connectivity index (χ1n) is 8.77. The number of benzene rings is 2. The highest BCUT2D eigenvalue weighted by atomic mass is 35.5. The van der Waals surface area contributed by atoms with E-state index in [1.165, 1.54) is 5.56 Å². The molecule has 1 fully saturated rings. The molecule has 1 N–H and O–H groups in total. The molecule has 1 aliphatic heterocycles. The predicted octanol–water partition coefficient (Wildman–Crippen LogP) is 5.17. The summed E-state index contributed by atoms with van der Waals surface area (Å²) in [5.41, 5.74) is 2.15. The van der Waals surface area contributed by atoms with E-state index < -0.39 is 0 Å². The van der Waals surface area contributed by atoms with Crippen molar-refractivity contribution in [1.82, 2.24) is 9.97 Å². The van der Waals surface area contributed by atoms with Crippen molar-refractivity contribution < 1.29 is 4.74 Å². The first-order chi connectivity index (χ1) is 12.8. The van der Waals surface area contributed by atoms with Gasteiger partial charge in [-0.1, -0.05) is 47.6 Å². The number of nitrogens with one attached hydrogen (secondary N) is 1. The molecule has 3 aromatic rings. The van der Waals surface area contributed by atoms with Crippen LogP contribution >= 0.6 is 23.4 Å². The molecule has 1 saturated heterocycles. The lowest BCUT2D eigenvalue weighted by atomic mass is 10.2. The zero-order chi connectivity index (χ0) is 17.8. The summed E-state index contributed by atoms with van der Waals surface area (Å²) in [4.78, 5) is 9.46. The Morgan fingerprint density at radius 1 is 1.12 bits per heavy atom. The fourth-order valence-corrected chi connectivity index (χ4v) is 3.93. The third-order valence-electron chi connectivity index (χ3n) is 4.39. The van der Waals surface area contributed by atoms with Crippen molar-refractivity contribution in [2.45, 2.75) is 29.9 Å². The molecule has 26 heavy (non-hydrogen) atoms. The van der Waals surface area contributed by atoms with Crippen molar-refractivity contribution in [3.8, 4) is 0 Å².